The number of carbonyl (C=O) groups is 1. The third-order valence-electron chi connectivity index (χ3n) is 10.2. The highest BCUT2D eigenvalue weighted by Gasteiger charge is 2.30. The van der Waals surface area contributed by atoms with Crippen LogP contribution in [0, 0.1) is 0 Å². The summed E-state index contributed by atoms with van der Waals surface area (Å²) < 4.78 is 2.26. The monoisotopic (exact) mass is 616 g/mol. The van der Waals surface area contributed by atoms with Crippen LogP contribution in [0.25, 0.3) is 72.3 Å². The Morgan fingerprint density at radius 2 is 1.21 bits per heavy atom. The molecule has 0 atom stereocenters. The lowest BCUT2D eigenvalue weighted by Crippen LogP contribution is -2.06. The van der Waals surface area contributed by atoms with Crippen molar-refractivity contribution in [1.82, 2.24) is 9.55 Å². The number of benzene rings is 7. The summed E-state index contributed by atoms with van der Waals surface area (Å²) >= 11 is 0. The highest BCUT2D eigenvalue weighted by Crippen LogP contribution is 2.48. The summed E-state index contributed by atoms with van der Waals surface area (Å²) in [5.41, 5.74) is 16.1. The lowest BCUT2D eigenvalue weighted by Gasteiger charge is -2.20. The summed E-state index contributed by atoms with van der Waals surface area (Å²) in [5, 5.41) is 12.5. The zero-order chi connectivity index (χ0) is 31.9. The van der Waals surface area contributed by atoms with E-state index in [0.29, 0.717) is 0 Å². The SMILES string of the molecule is O=C(O)c1ccc2nc(-c3cccc4c3Cc3ccccc3-4)n(-c3c(-c4ccc5ccccc5c4)ccc4c3Cc3ccccc3-4)c2c1. The van der Waals surface area contributed by atoms with Crippen molar-refractivity contribution in [1.29, 1.82) is 0 Å². The Morgan fingerprint density at radius 1 is 0.562 bits per heavy atom. The smallest absolute Gasteiger partial charge is 0.335 e. The van der Waals surface area contributed by atoms with E-state index in [4.69, 9.17) is 4.98 Å². The molecule has 8 aromatic rings. The Morgan fingerprint density at radius 3 is 2.00 bits per heavy atom. The predicted molar refractivity (Wildman–Crippen MR) is 193 cm³/mol. The fourth-order valence-electron chi connectivity index (χ4n) is 8.02. The van der Waals surface area contributed by atoms with Crippen LogP contribution in [-0.4, -0.2) is 20.6 Å². The quantitative estimate of drug-likeness (QED) is 0.214. The first-order chi connectivity index (χ1) is 23.6. The average molecular weight is 617 g/mol. The van der Waals surface area contributed by atoms with E-state index in [0.717, 1.165) is 52.1 Å². The van der Waals surface area contributed by atoms with Gasteiger partial charge < -0.3 is 5.11 Å². The molecule has 4 heteroatoms. The van der Waals surface area contributed by atoms with Gasteiger partial charge in [-0.25, -0.2) is 9.78 Å². The van der Waals surface area contributed by atoms with Crippen molar-refractivity contribution >= 4 is 27.8 Å². The van der Waals surface area contributed by atoms with Gasteiger partial charge in [0.1, 0.15) is 5.82 Å². The lowest BCUT2D eigenvalue weighted by atomic mass is 9.94. The fraction of sp³-hybridized carbons (Fsp3) is 0.0455. The number of hydrogen-bond acceptors (Lipinski definition) is 2. The summed E-state index contributed by atoms with van der Waals surface area (Å²) in [4.78, 5) is 17.7. The lowest BCUT2D eigenvalue weighted by molar-refractivity contribution is 0.0697. The van der Waals surface area contributed by atoms with Gasteiger partial charge in [-0.1, -0.05) is 115 Å². The van der Waals surface area contributed by atoms with Gasteiger partial charge in [0.15, 0.2) is 0 Å². The van der Waals surface area contributed by atoms with E-state index < -0.39 is 5.97 Å². The Labute approximate surface area is 277 Å². The second-order valence-electron chi connectivity index (χ2n) is 12.8. The minimum absolute atomic E-state index is 0.240. The number of imidazole rings is 1. The van der Waals surface area contributed by atoms with E-state index in [9.17, 15) is 9.90 Å². The van der Waals surface area contributed by atoms with Crippen molar-refractivity contribution in [2.75, 3.05) is 0 Å². The molecule has 4 nitrogen and oxygen atoms in total. The van der Waals surface area contributed by atoms with Crippen LogP contribution < -0.4 is 0 Å². The molecule has 48 heavy (non-hydrogen) atoms. The standard InChI is InChI=1S/C44H28N2O2/c47-44(48)31-18-21-40-41(25-31)46(43(45-40)37-15-7-14-35-32-12-5-3-10-28(32)23-38(35)37)42-34(30-17-16-26-8-1-2-9-27(26)22-30)19-20-36-33-13-6-4-11-29(33)24-39(36)42/h1-22,25H,23-24H2,(H,47,48). The summed E-state index contributed by atoms with van der Waals surface area (Å²) in [7, 11) is 0. The van der Waals surface area contributed by atoms with Gasteiger partial charge in [0.25, 0.3) is 0 Å². The number of carboxylic acids is 1. The van der Waals surface area contributed by atoms with Gasteiger partial charge in [-0.05, 0) is 91.5 Å². The fourth-order valence-corrected chi connectivity index (χ4v) is 8.02. The Bertz CT molecular complexity index is 2660. The van der Waals surface area contributed by atoms with E-state index in [1.807, 2.05) is 6.07 Å². The summed E-state index contributed by atoms with van der Waals surface area (Å²) in [6, 6.07) is 48.6. The zero-order valence-electron chi connectivity index (χ0n) is 25.9. The molecule has 10 rings (SSSR count). The predicted octanol–water partition coefficient (Wildman–Crippen LogP) is 10.4. The van der Waals surface area contributed by atoms with E-state index in [2.05, 4.69) is 126 Å². The molecule has 0 unspecified atom stereocenters. The highest BCUT2D eigenvalue weighted by molar-refractivity contribution is 5.98. The molecule has 1 N–H and O–H groups in total. The first-order valence-electron chi connectivity index (χ1n) is 16.3. The normalized spacial score (nSPS) is 12.6. The minimum atomic E-state index is -0.956. The molecule has 1 aromatic heterocycles. The molecule has 0 radical (unpaired) electrons. The van der Waals surface area contributed by atoms with E-state index in [1.54, 1.807) is 12.1 Å². The molecule has 7 aromatic carbocycles. The minimum Gasteiger partial charge on any atom is -0.478 e. The van der Waals surface area contributed by atoms with Crippen molar-refractivity contribution in [3.05, 3.63) is 167 Å². The van der Waals surface area contributed by atoms with Gasteiger partial charge >= 0.3 is 5.97 Å². The van der Waals surface area contributed by atoms with Crippen LogP contribution in [0.5, 0.6) is 0 Å². The maximum Gasteiger partial charge on any atom is 0.335 e. The highest BCUT2D eigenvalue weighted by atomic mass is 16.4. The molecule has 2 aliphatic carbocycles. The third-order valence-corrected chi connectivity index (χ3v) is 10.2. The van der Waals surface area contributed by atoms with Crippen molar-refractivity contribution in [2.45, 2.75) is 12.8 Å². The number of carboxylic acid groups (broad SMARTS) is 1. The van der Waals surface area contributed by atoms with Gasteiger partial charge in [0.05, 0.1) is 22.3 Å². The zero-order valence-corrected chi connectivity index (χ0v) is 25.9. The van der Waals surface area contributed by atoms with Crippen molar-refractivity contribution in [3.63, 3.8) is 0 Å². The van der Waals surface area contributed by atoms with Crippen LogP contribution in [0.2, 0.25) is 0 Å². The van der Waals surface area contributed by atoms with Crippen LogP contribution in [0.1, 0.15) is 32.6 Å². The molecule has 0 spiro atoms. The van der Waals surface area contributed by atoms with Gasteiger partial charge in [-0.15, -0.1) is 0 Å². The van der Waals surface area contributed by atoms with Crippen molar-refractivity contribution in [3.8, 4) is 50.5 Å². The van der Waals surface area contributed by atoms with Crippen LogP contribution in [0.3, 0.4) is 0 Å². The Balaban J connectivity index is 1.32. The maximum atomic E-state index is 12.4. The summed E-state index contributed by atoms with van der Waals surface area (Å²) in [5.74, 6) is -0.133. The van der Waals surface area contributed by atoms with Gasteiger partial charge in [-0.2, -0.15) is 0 Å². The number of hydrogen-bond donors (Lipinski definition) is 1. The molecule has 0 fully saturated rings. The molecule has 2 aliphatic rings. The van der Waals surface area contributed by atoms with Crippen molar-refractivity contribution < 1.29 is 9.90 Å². The van der Waals surface area contributed by atoms with E-state index in [1.165, 1.54) is 55.3 Å². The largest absolute Gasteiger partial charge is 0.478 e. The third kappa shape index (κ3) is 3.90. The number of aromatic carboxylic acids is 1. The average Bonchev–Trinajstić information content (AvgIpc) is 3.82. The number of aromatic nitrogens is 2. The molecule has 0 bridgehead atoms. The molecular formula is C44H28N2O2. The van der Waals surface area contributed by atoms with Crippen molar-refractivity contribution in [2.24, 2.45) is 0 Å². The van der Waals surface area contributed by atoms with Crippen LogP contribution in [0.15, 0.2) is 140 Å². The first-order valence-corrected chi connectivity index (χ1v) is 16.3. The maximum absolute atomic E-state index is 12.4. The topological polar surface area (TPSA) is 55.1 Å². The second kappa shape index (κ2) is 10.1. The second-order valence-corrected chi connectivity index (χ2v) is 12.8. The van der Waals surface area contributed by atoms with Gasteiger partial charge in [-0.3, -0.25) is 4.57 Å². The Kier molecular flexibility index (Phi) is 5.67. The van der Waals surface area contributed by atoms with Crippen LogP contribution in [0.4, 0.5) is 0 Å². The molecule has 0 saturated carbocycles. The number of fused-ring (bicyclic) bond motifs is 8. The molecule has 1 heterocycles. The van der Waals surface area contributed by atoms with E-state index >= 15 is 0 Å². The molecular weight excluding hydrogens is 588 g/mol. The molecule has 226 valence electrons. The number of rotatable bonds is 4. The molecule has 0 saturated heterocycles. The van der Waals surface area contributed by atoms with Gasteiger partial charge in [0, 0.05) is 17.5 Å². The number of nitrogens with zero attached hydrogens (tertiary/aromatic N) is 2. The van der Waals surface area contributed by atoms with Crippen LogP contribution >= 0.6 is 0 Å². The molecule has 0 aliphatic heterocycles. The van der Waals surface area contributed by atoms with Gasteiger partial charge in [0.2, 0.25) is 0 Å². The Hall–Kier alpha value is -6.26. The summed E-state index contributed by atoms with van der Waals surface area (Å²) in [6.45, 7) is 0. The van der Waals surface area contributed by atoms with Crippen LogP contribution in [-0.2, 0) is 12.8 Å². The molecule has 0 amide bonds. The first kappa shape index (κ1) is 26.9. The van der Waals surface area contributed by atoms with E-state index in [-0.39, 0.29) is 5.56 Å². The summed E-state index contributed by atoms with van der Waals surface area (Å²) in [6.07, 6.45) is 1.60.